The predicted molar refractivity (Wildman–Crippen MR) is 106 cm³/mol. The van der Waals surface area contributed by atoms with Crippen molar-refractivity contribution in [1.82, 2.24) is 0 Å². The Hall–Kier alpha value is -2.17. The van der Waals surface area contributed by atoms with E-state index in [0.717, 1.165) is 0 Å². The minimum absolute atomic E-state index is 0.0836. The Morgan fingerprint density at radius 1 is 0.964 bits per heavy atom. The molecular formula is C23H29F3O2. The molecule has 5 heteroatoms. The van der Waals surface area contributed by atoms with Crippen LogP contribution in [0.3, 0.4) is 0 Å². The van der Waals surface area contributed by atoms with Gasteiger partial charge in [0.15, 0.2) is 0 Å². The zero-order chi connectivity index (χ0) is 21.2. The maximum atomic E-state index is 12.9. The summed E-state index contributed by atoms with van der Waals surface area (Å²) in [7, 11) is 0. The largest absolute Gasteiger partial charge is 0.573 e. The molecule has 1 N–H and O–H groups in total. The molecule has 2 nitrogen and oxygen atoms in total. The Balaban J connectivity index is 2.43. The Bertz CT molecular complexity index is 823. The molecule has 1 atom stereocenters. The van der Waals surface area contributed by atoms with Crippen molar-refractivity contribution < 1.29 is 23.0 Å². The molecule has 0 aliphatic carbocycles. The van der Waals surface area contributed by atoms with Crippen LogP contribution < -0.4 is 4.74 Å². The molecule has 0 fully saturated rings. The van der Waals surface area contributed by atoms with Gasteiger partial charge in [0.25, 0.3) is 0 Å². The number of ether oxygens (including phenoxy) is 1. The lowest BCUT2D eigenvalue weighted by Crippen LogP contribution is -2.18. The van der Waals surface area contributed by atoms with Crippen molar-refractivity contribution in [2.75, 3.05) is 0 Å². The number of hydrogen-bond donors (Lipinski definition) is 1. The molecule has 0 spiro atoms. The van der Waals surface area contributed by atoms with E-state index in [-0.39, 0.29) is 28.9 Å². The van der Waals surface area contributed by atoms with Crippen LogP contribution >= 0.6 is 0 Å². The lowest BCUT2D eigenvalue weighted by atomic mass is 9.84. The van der Waals surface area contributed by atoms with Gasteiger partial charge in [-0.25, -0.2) is 0 Å². The Kier molecular flexibility index (Phi) is 6.68. The first-order valence-corrected chi connectivity index (χ1v) is 9.61. The van der Waals surface area contributed by atoms with E-state index in [0.29, 0.717) is 17.9 Å². The van der Waals surface area contributed by atoms with Crippen molar-refractivity contribution in [3.8, 4) is 11.5 Å². The van der Waals surface area contributed by atoms with Crippen molar-refractivity contribution in [3.63, 3.8) is 0 Å². The molecule has 28 heavy (non-hydrogen) atoms. The highest BCUT2D eigenvalue weighted by molar-refractivity contribution is 5.50. The van der Waals surface area contributed by atoms with E-state index in [1.54, 1.807) is 19.9 Å². The van der Waals surface area contributed by atoms with Crippen LogP contribution in [0.2, 0.25) is 0 Å². The minimum Gasteiger partial charge on any atom is -0.508 e. The zero-order valence-electron chi connectivity index (χ0n) is 17.3. The maximum absolute atomic E-state index is 12.9. The summed E-state index contributed by atoms with van der Waals surface area (Å²) in [6, 6.07) is 9.11. The molecule has 1 unspecified atom stereocenters. The monoisotopic (exact) mass is 394 g/mol. The van der Waals surface area contributed by atoms with E-state index in [4.69, 9.17) is 0 Å². The second-order valence-electron chi connectivity index (χ2n) is 8.07. The Morgan fingerprint density at radius 3 is 2.11 bits per heavy atom. The number of aryl methyl sites for hydroxylation is 1. The van der Waals surface area contributed by atoms with Crippen molar-refractivity contribution in [1.29, 1.82) is 0 Å². The van der Waals surface area contributed by atoms with Gasteiger partial charge in [-0.1, -0.05) is 52.8 Å². The second kappa shape index (κ2) is 8.46. The van der Waals surface area contributed by atoms with Gasteiger partial charge >= 0.3 is 6.36 Å². The number of alkyl halides is 3. The first kappa shape index (κ1) is 22.1. The highest BCUT2D eigenvalue weighted by atomic mass is 19.4. The summed E-state index contributed by atoms with van der Waals surface area (Å²) in [5.74, 6) is -0.349. The summed E-state index contributed by atoms with van der Waals surface area (Å²) in [5.41, 5.74) is 4.45. The average Bonchev–Trinajstić information content (AvgIpc) is 2.51. The molecule has 0 aliphatic heterocycles. The maximum Gasteiger partial charge on any atom is 0.573 e. The van der Waals surface area contributed by atoms with Crippen molar-refractivity contribution >= 4 is 0 Å². The molecule has 0 aromatic heterocycles. The van der Waals surface area contributed by atoms with Gasteiger partial charge in [0.05, 0.1) is 0 Å². The number of benzene rings is 2. The Labute approximate surface area is 165 Å². The first-order valence-electron chi connectivity index (χ1n) is 9.61. The van der Waals surface area contributed by atoms with Gasteiger partial charge in [0, 0.05) is 5.56 Å². The van der Waals surface area contributed by atoms with E-state index in [2.05, 4.69) is 44.6 Å². The predicted octanol–water partition coefficient (Wildman–Crippen LogP) is 7.19. The van der Waals surface area contributed by atoms with Crippen molar-refractivity contribution in [3.05, 3.63) is 58.1 Å². The van der Waals surface area contributed by atoms with Crippen LogP contribution in [0.5, 0.6) is 11.5 Å². The molecule has 0 aliphatic rings. The van der Waals surface area contributed by atoms with Gasteiger partial charge in [-0.05, 0) is 65.5 Å². The van der Waals surface area contributed by atoms with E-state index < -0.39 is 6.36 Å². The van der Waals surface area contributed by atoms with Gasteiger partial charge < -0.3 is 9.84 Å². The number of phenols is 1. The smallest absolute Gasteiger partial charge is 0.508 e. The fourth-order valence-corrected chi connectivity index (χ4v) is 3.96. The Morgan fingerprint density at radius 2 is 1.57 bits per heavy atom. The third-order valence-electron chi connectivity index (χ3n) is 4.99. The van der Waals surface area contributed by atoms with Crippen LogP contribution in [0.25, 0.3) is 0 Å². The van der Waals surface area contributed by atoms with Crippen LogP contribution in [0.4, 0.5) is 13.2 Å². The van der Waals surface area contributed by atoms with Gasteiger partial charge in [-0.15, -0.1) is 13.2 Å². The summed E-state index contributed by atoms with van der Waals surface area (Å²) >= 11 is 0. The summed E-state index contributed by atoms with van der Waals surface area (Å²) in [5, 5.41) is 10.4. The lowest BCUT2D eigenvalue weighted by molar-refractivity contribution is -0.275. The fourth-order valence-electron chi connectivity index (χ4n) is 3.96. The standard InChI is InChI=1S/C23H29F3O2/c1-13(2)21-15(5)8-7-9-18(21)16(6)10-17-11-19(27)22(14(3)4)20(12-17)28-23(24,25)26/h7-9,11-14,16,27H,10H2,1-6H3. The summed E-state index contributed by atoms with van der Waals surface area (Å²) in [4.78, 5) is 0. The van der Waals surface area contributed by atoms with Gasteiger partial charge in [-0.3, -0.25) is 0 Å². The normalized spacial score (nSPS) is 13.2. The molecule has 0 heterocycles. The van der Waals surface area contributed by atoms with Crippen LogP contribution in [0.15, 0.2) is 30.3 Å². The SMILES string of the molecule is Cc1cccc(C(C)Cc2cc(O)c(C(C)C)c(OC(F)(F)F)c2)c1C(C)C. The average molecular weight is 394 g/mol. The number of hydrogen-bond acceptors (Lipinski definition) is 2. The van der Waals surface area contributed by atoms with Gasteiger partial charge in [0.2, 0.25) is 0 Å². The first-order chi connectivity index (χ1) is 12.9. The molecule has 0 saturated heterocycles. The summed E-state index contributed by atoms with van der Waals surface area (Å²) in [6.45, 7) is 11.8. The summed E-state index contributed by atoms with van der Waals surface area (Å²) in [6.07, 6.45) is -4.30. The minimum atomic E-state index is -4.80. The topological polar surface area (TPSA) is 29.5 Å². The molecule has 0 amide bonds. The molecule has 154 valence electrons. The second-order valence-corrected chi connectivity index (χ2v) is 8.07. The number of aromatic hydroxyl groups is 1. The number of rotatable bonds is 6. The van der Waals surface area contributed by atoms with Crippen LogP contribution in [0.1, 0.15) is 80.2 Å². The molecule has 0 saturated carbocycles. The van der Waals surface area contributed by atoms with Gasteiger partial charge in [0.1, 0.15) is 11.5 Å². The third kappa shape index (κ3) is 5.21. The highest BCUT2D eigenvalue weighted by Crippen LogP contribution is 2.40. The zero-order valence-corrected chi connectivity index (χ0v) is 17.3. The quantitative estimate of drug-likeness (QED) is 0.562. The molecule has 2 rings (SSSR count). The van der Waals surface area contributed by atoms with E-state index in [9.17, 15) is 18.3 Å². The number of halogens is 3. The fraction of sp³-hybridized carbons (Fsp3) is 0.478. The van der Waals surface area contributed by atoms with Crippen LogP contribution in [0, 0.1) is 6.92 Å². The van der Waals surface area contributed by atoms with E-state index in [1.807, 2.05) is 6.07 Å². The summed E-state index contributed by atoms with van der Waals surface area (Å²) < 4.78 is 42.8. The third-order valence-corrected chi connectivity index (χ3v) is 4.99. The molecule has 2 aromatic carbocycles. The number of phenolic OH excluding ortho intramolecular Hbond substituents is 1. The van der Waals surface area contributed by atoms with Crippen LogP contribution in [-0.4, -0.2) is 11.5 Å². The van der Waals surface area contributed by atoms with Crippen molar-refractivity contribution in [2.24, 2.45) is 0 Å². The van der Waals surface area contributed by atoms with E-state index >= 15 is 0 Å². The van der Waals surface area contributed by atoms with E-state index in [1.165, 1.54) is 22.8 Å². The highest BCUT2D eigenvalue weighted by Gasteiger charge is 2.33. The van der Waals surface area contributed by atoms with Gasteiger partial charge in [-0.2, -0.15) is 0 Å². The molecule has 0 bridgehead atoms. The molecule has 2 aromatic rings. The van der Waals surface area contributed by atoms with Crippen molar-refractivity contribution in [2.45, 2.75) is 72.1 Å². The lowest BCUT2D eigenvalue weighted by Gasteiger charge is -2.22. The molecular weight excluding hydrogens is 365 g/mol. The van der Waals surface area contributed by atoms with Crippen LogP contribution in [-0.2, 0) is 6.42 Å². The molecule has 0 radical (unpaired) electrons.